The molecule has 0 aromatic carbocycles. The molecule has 1 aromatic rings. The van der Waals surface area contributed by atoms with Gasteiger partial charge in [0.2, 0.25) is 9.70 Å². The Kier molecular flexibility index (Phi) is 7.47. The molecule has 1 saturated carbocycles. The van der Waals surface area contributed by atoms with Crippen LogP contribution in [-0.2, 0) is 11.3 Å². The van der Waals surface area contributed by atoms with Crippen molar-refractivity contribution in [3.05, 3.63) is 44.8 Å². The fourth-order valence-electron chi connectivity index (χ4n) is 5.33. The molecule has 0 radical (unpaired) electrons. The molecule has 1 aliphatic carbocycles. The average molecular weight is 587 g/mol. The molecule has 3 heterocycles. The largest absolute Gasteiger partial charge is 0.348 e. The summed E-state index contributed by atoms with van der Waals surface area (Å²) in [7, 11) is 0. The first-order chi connectivity index (χ1) is 15.8. The van der Waals surface area contributed by atoms with E-state index in [-0.39, 0.29) is 45.0 Å². The molecular formula is C22H25Cl5N4O2S. The quantitative estimate of drug-likeness (QED) is 0.308. The molecule has 0 unspecified atom stereocenters. The van der Waals surface area contributed by atoms with Gasteiger partial charge in [0.15, 0.2) is 5.11 Å². The minimum Gasteiger partial charge on any atom is -0.348 e. The highest BCUT2D eigenvalue weighted by molar-refractivity contribution is 7.80. The van der Waals surface area contributed by atoms with Gasteiger partial charge in [0.05, 0.1) is 5.92 Å². The van der Waals surface area contributed by atoms with Crippen LogP contribution in [0.15, 0.2) is 33.6 Å². The lowest BCUT2D eigenvalue weighted by Crippen LogP contribution is -2.60. The molecule has 12 heteroatoms. The smallest absolute Gasteiger partial charge is 0.250 e. The van der Waals surface area contributed by atoms with Crippen molar-refractivity contribution in [3.8, 4) is 0 Å². The van der Waals surface area contributed by atoms with Crippen LogP contribution < -0.4 is 16.2 Å². The first-order valence-corrected chi connectivity index (χ1v) is 13.2. The second kappa shape index (κ2) is 9.64. The molecule has 1 saturated heterocycles. The lowest BCUT2D eigenvalue weighted by Gasteiger charge is -2.44. The number of nitrogens with one attached hydrogen (secondary N) is 2. The Morgan fingerprint density at radius 1 is 1.21 bits per heavy atom. The third-order valence-electron chi connectivity index (χ3n) is 7.15. The SMILES string of the molecule is CC1(C)[C@H](C=C(Cl)Cl)[C@H]1C(=O)N[C@H](NC(=S)N1C[C@H]2C[C@H](C1)c1cccc(=O)n1C2)C(Cl)(Cl)Cl. The van der Waals surface area contributed by atoms with E-state index in [2.05, 4.69) is 10.6 Å². The molecule has 2 bridgehead atoms. The Morgan fingerprint density at radius 3 is 2.56 bits per heavy atom. The summed E-state index contributed by atoms with van der Waals surface area (Å²) in [6.07, 6.45) is 1.61. The number of alkyl halides is 3. The number of allylic oxidation sites excluding steroid dienone is 1. The third kappa shape index (κ3) is 5.35. The van der Waals surface area contributed by atoms with Crippen LogP contribution in [-0.4, -0.2) is 43.5 Å². The predicted molar refractivity (Wildman–Crippen MR) is 142 cm³/mol. The molecule has 4 rings (SSSR count). The van der Waals surface area contributed by atoms with Crippen molar-refractivity contribution in [2.24, 2.45) is 23.2 Å². The van der Waals surface area contributed by atoms with Crippen molar-refractivity contribution < 1.29 is 4.79 Å². The number of rotatable bonds is 4. The van der Waals surface area contributed by atoms with E-state index in [1.165, 1.54) is 0 Å². The van der Waals surface area contributed by atoms with Gasteiger partial charge in [-0.3, -0.25) is 9.59 Å². The number of halogens is 5. The van der Waals surface area contributed by atoms with Crippen molar-refractivity contribution >= 4 is 81.2 Å². The highest BCUT2D eigenvalue weighted by atomic mass is 35.6. The van der Waals surface area contributed by atoms with Crippen LogP contribution in [0.1, 0.15) is 31.9 Å². The number of thiocarbonyl (C=S) groups is 1. The predicted octanol–water partition coefficient (Wildman–Crippen LogP) is 4.55. The summed E-state index contributed by atoms with van der Waals surface area (Å²) in [6.45, 7) is 5.84. The maximum atomic E-state index is 13.0. The number of hydrogen-bond acceptors (Lipinski definition) is 3. The van der Waals surface area contributed by atoms with Gasteiger partial charge in [-0.05, 0) is 48.0 Å². The number of hydrogen-bond donors (Lipinski definition) is 2. The van der Waals surface area contributed by atoms with Gasteiger partial charge in [0.1, 0.15) is 10.7 Å². The minimum atomic E-state index is -1.85. The molecular weight excluding hydrogens is 562 g/mol. The second-order valence-corrected chi connectivity index (χ2v) is 13.6. The van der Waals surface area contributed by atoms with Gasteiger partial charge >= 0.3 is 0 Å². The lowest BCUT2D eigenvalue weighted by atomic mass is 9.83. The number of amides is 1. The Labute approximate surface area is 228 Å². The molecule has 5 atom stereocenters. The monoisotopic (exact) mass is 584 g/mol. The zero-order valence-electron chi connectivity index (χ0n) is 18.5. The van der Waals surface area contributed by atoms with Crippen molar-refractivity contribution in [1.29, 1.82) is 0 Å². The zero-order valence-corrected chi connectivity index (χ0v) is 23.1. The van der Waals surface area contributed by atoms with E-state index >= 15 is 0 Å². The molecule has 0 spiro atoms. The van der Waals surface area contributed by atoms with E-state index in [0.29, 0.717) is 24.7 Å². The number of likely N-dealkylation sites (tertiary alicyclic amines) is 1. The van der Waals surface area contributed by atoms with E-state index < -0.39 is 9.96 Å². The van der Waals surface area contributed by atoms with Gasteiger partial charge in [-0.1, -0.05) is 77.9 Å². The molecule has 186 valence electrons. The van der Waals surface area contributed by atoms with Gasteiger partial charge in [0.25, 0.3) is 5.56 Å². The number of pyridine rings is 1. The topological polar surface area (TPSA) is 66.4 Å². The van der Waals surface area contributed by atoms with Crippen LogP contribution in [0.25, 0.3) is 0 Å². The molecule has 1 amide bonds. The van der Waals surface area contributed by atoms with Crippen LogP contribution in [0.5, 0.6) is 0 Å². The summed E-state index contributed by atoms with van der Waals surface area (Å²) in [4.78, 5) is 27.3. The molecule has 2 aliphatic heterocycles. The third-order valence-corrected chi connectivity index (χ3v) is 8.43. The summed E-state index contributed by atoms with van der Waals surface area (Å²) in [5.74, 6) is -0.329. The fraction of sp³-hybridized carbons (Fsp3) is 0.591. The Bertz CT molecular complexity index is 1080. The molecule has 1 aromatic heterocycles. The molecule has 2 fully saturated rings. The number of nitrogens with zero attached hydrogens (tertiary/aromatic N) is 2. The van der Waals surface area contributed by atoms with Crippen molar-refractivity contribution in [3.63, 3.8) is 0 Å². The highest BCUT2D eigenvalue weighted by Gasteiger charge is 2.61. The molecule has 2 N–H and O–H groups in total. The number of piperidine rings is 1. The van der Waals surface area contributed by atoms with Crippen molar-refractivity contribution in [2.75, 3.05) is 13.1 Å². The number of aromatic nitrogens is 1. The van der Waals surface area contributed by atoms with Gasteiger partial charge in [-0.2, -0.15) is 0 Å². The normalized spacial score (nSPS) is 27.8. The van der Waals surface area contributed by atoms with Gasteiger partial charge < -0.3 is 20.1 Å². The van der Waals surface area contributed by atoms with Crippen LogP contribution in [0.4, 0.5) is 0 Å². The average Bonchev–Trinajstić information content (AvgIpc) is 3.26. The molecule has 6 nitrogen and oxygen atoms in total. The number of fused-ring (bicyclic) bond motifs is 4. The number of carbonyl (C=O) groups excluding carboxylic acids is 1. The summed E-state index contributed by atoms with van der Waals surface area (Å²) in [6, 6.07) is 5.37. The molecule has 3 aliphatic rings. The molecule has 34 heavy (non-hydrogen) atoms. The first kappa shape index (κ1) is 26.4. The van der Waals surface area contributed by atoms with Gasteiger partial charge in [-0.15, -0.1) is 0 Å². The van der Waals surface area contributed by atoms with E-state index in [4.69, 9.17) is 70.2 Å². The Morgan fingerprint density at radius 2 is 1.91 bits per heavy atom. The number of carbonyl (C=O) groups is 1. The summed E-state index contributed by atoms with van der Waals surface area (Å²) < 4.78 is 0.122. The van der Waals surface area contributed by atoms with E-state index in [9.17, 15) is 9.59 Å². The fourth-order valence-corrected chi connectivity index (χ4v) is 6.20. The Balaban J connectivity index is 1.45. The summed E-state index contributed by atoms with van der Waals surface area (Å²) in [5, 5.41) is 6.22. The van der Waals surface area contributed by atoms with Crippen LogP contribution in [0.3, 0.4) is 0 Å². The standard InChI is InChI=1S/C22H25Cl5N4O2S/c1-21(2)13(7-15(23)24)17(21)18(33)28-19(22(25,26)27)29-20(34)30-8-11-6-12(10-30)14-4-3-5-16(32)31(14)9-11/h3-5,7,11-13,17,19H,6,8-10H2,1-2H3,(H,28,33)(H,29,34)/t11-,12-,13-,17+,19-/m1/s1. The lowest BCUT2D eigenvalue weighted by molar-refractivity contribution is -0.123. The highest BCUT2D eigenvalue weighted by Crippen LogP contribution is 2.59. The second-order valence-electron chi connectivity index (χ2n) is 9.82. The van der Waals surface area contributed by atoms with E-state index in [1.807, 2.05) is 29.4 Å². The van der Waals surface area contributed by atoms with Crippen LogP contribution in [0, 0.1) is 23.2 Å². The van der Waals surface area contributed by atoms with E-state index in [1.54, 1.807) is 18.2 Å². The van der Waals surface area contributed by atoms with Crippen LogP contribution >= 0.6 is 70.2 Å². The van der Waals surface area contributed by atoms with Gasteiger partial charge in [0, 0.05) is 37.3 Å². The van der Waals surface area contributed by atoms with Crippen LogP contribution in [0.2, 0.25) is 0 Å². The van der Waals surface area contributed by atoms with E-state index in [0.717, 1.165) is 12.1 Å². The maximum Gasteiger partial charge on any atom is 0.250 e. The maximum absolute atomic E-state index is 13.0. The summed E-state index contributed by atoms with van der Waals surface area (Å²) in [5.41, 5.74) is 0.704. The summed E-state index contributed by atoms with van der Waals surface area (Å²) >= 11 is 35.9. The minimum absolute atomic E-state index is 0.0203. The first-order valence-electron chi connectivity index (χ1n) is 10.9. The van der Waals surface area contributed by atoms with Gasteiger partial charge in [-0.25, -0.2) is 0 Å². The zero-order chi connectivity index (χ0) is 25.0. The van der Waals surface area contributed by atoms with Crippen molar-refractivity contribution in [2.45, 2.75) is 42.7 Å². The Hall–Kier alpha value is -0.700. The van der Waals surface area contributed by atoms with Crippen molar-refractivity contribution in [1.82, 2.24) is 20.1 Å².